The lowest BCUT2D eigenvalue weighted by molar-refractivity contribution is 0.669. The smallest absolute Gasteiger partial charge is 0.135 e. The molecule has 0 aliphatic rings. The molecule has 0 fully saturated rings. The topological polar surface area (TPSA) is 18.1 Å². The molecule has 70 heavy (non-hydrogen) atoms. The number of nitrogens with zero attached hydrogens (tertiary/aromatic N) is 1. The van der Waals surface area contributed by atoms with Crippen molar-refractivity contribution in [1.29, 1.82) is 0 Å². The molecule has 10 aromatic carbocycles. The van der Waals surface area contributed by atoms with Gasteiger partial charge in [0.15, 0.2) is 0 Å². The summed E-state index contributed by atoms with van der Waals surface area (Å²) >= 11 is 5.39. The van der Waals surface area contributed by atoms with Crippen LogP contribution in [0.1, 0.15) is 19.4 Å². The third-order valence-corrected chi connectivity index (χ3v) is 14.0. The Morgan fingerprint density at radius 2 is 0.757 bits per heavy atom. The van der Waals surface area contributed by atoms with E-state index in [-0.39, 0.29) is 0 Å². The van der Waals surface area contributed by atoms with E-state index in [0.29, 0.717) is 0 Å². The van der Waals surface area contributed by atoms with Crippen LogP contribution in [0.15, 0.2) is 247 Å². The first kappa shape index (κ1) is 45.9. The molecule has 3 aromatic heterocycles. The van der Waals surface area contributed by atoms with Gasteiger partial charge >= 0.3 is 0 Å². The second kappa shape index (κ2) is 20.8. The number of benzene rings is 10. The van der Waals surface area contributed by atoms with Gasteiger partial charge in [-0.05, 0) is 150 Å². The molecule has 340 valence electrons. The molecule has 0 spiro atoms. The maximum atomic E-state index is 6.41. The molecule has 0 radical (unpaired) electrons. The van der Waals surface area contributed by atoms with Crippen molar-refractivity contribution in [1.82, 2.24) is 4.57 Å². The van der Waals surface area contributed by atoms with Gasteiger partial charge in [-0.1, -0.05) is 169 Å². The minimum atomic E-state index is 0.897. The highest BCUT2D eigenvalue weighted by atomic mass is 32.1. The van der Waals surface area contributed by atoms with Gasteiger partial charge in [-0.25, -0.2) is 0 Å². The second-order valence-electron chi connectivity index (χ2n) is 17.2. The van der Waals surface area contributed by atoms with Crippen molar-refractivity contribution in [2.75, 3.05) is 6.26 Å². The quantitative estimate of drug-likeness (QED) is 0.134. The van der Waals surface area contributed by atoms with Gasteiger partial charge in [-0.15, -0.1) is 11.3 Å². The highest BCUT2D eigenvalue weighted by Crippen LogP contribution is 2.41. The maximum Gasteiger partial charge on any atom is 0.135 e. The second-order valence-corrected chi connectivity index (χ2v) is 18.3. The molecule has 0 aliphatic carbocycles. The van der Waals surface area contributed by atoms with Crippen LogP contribution >= 0.6 is 24.0 Å². The summed E-state index contributed by atoms with van der Waals surface area (Å²) in [5.74, 6) is 0. The standard InChI is InChI=1S/C54H33NOS.C7H8.C4H8.CH4S/c1-2-10-34(11-3-1)38-22-26-53-47(32-38)48-33-41(23-27-54(48)57-53)40-21-25-52-46(31-40)45-30-39(20-24-51(45)56-52)36-13-8-12-35(28-36)37-14-9-15-42(29-37)55-49-18-6-4-16-43(49)44-17-5-7-19-50(44)55;1-7-5-3-2-4-6-7;1-3-4-2;1-2/h1-33H;2-6H,1H3;3-4H,1-2H3;2H,1H3/b;;4-3-;. The number of aromatic nitrogens is 1. The SMILES string of the molecule is C/C=C\C.CS.Cc1ccccc1.c1ccc(-c2ccc3sc4ccc(-c5ccc6oc7ccc(-c8cccc(-c9cccc(-n%10c%11ccccc%11c%11ccccc%11%10)c9)c8)cc7c6c5)cc4c3c2)cc1. The molecule has 0 saturated heterocycles. The van der Waals surface area contributed by atoms with Crippen LogP contribution in [0.5, 0.6) is 0 Å². The van der Waals surface area contributed by atoms with Crippen LogP contribution in [-0.4, -0.2) is 10.8 Å². The first-order valence-corrected chi connectivity index (χ1v) is 25.5. The van der Waals surface area contributed by atoms with Gasteiger partial charge in [0.25, 0.3) is 0 Å². The minimum Gasteiger partial charge on any atom is -0.456 e. The van der Waals surface area contributed by atoms with E-state index in [1.54, 1.807) is 6.26 Å². The van der Waals surface area contributed by atoms with E-state index in [0.717, 1.165) is 33.2 Å². The number of thiol groups is 1. The molecular formula is C66H53NOS2. The van der Waals surface area contributed by atoms with Crippen LogP contribution in [0.2, 0.25) is 0 Å². The van der Waals surface area contributed by atoms with Gasteiger partial charge in [0.05, 0.1) is 11.0 Å². The summed E-state index contributed by atoms with van der Waals surface area (Å²) in [5.41, 5.74) is 16.3. The molecule has 0 bridgehead atoms. The molecule has 0 atom stereocenters. The maximum absolute atomic E-state index is 6.41. The Kier molecular flexibility index (Phi) is 13.6. The van der Waals surface area contributed by atoms with Crippen LogP contribution in [-0.2, 0) is 0 Å². The lowest BCUT2D eigenvalue weighted by Gasteiger charge is -2.11. The third-order valence-electron chi connectivity index (χ3n) is 12.9. The fourth-order valence-corrected chi connectivity index (χ4v) is 10.4. The molecule has 13 aromatic rings. The van der Waals surface area contributed by atoms with E-state index < -0.39 is 0 Å². The molecule has 13 rings (SSSR count). The summed E-state index contributed by atoms with van der Waals surface area (Å²) in [6.07, 6.45) is 5.69. The van der Waals surface area contributed by atoms with Gasteiger partial charge in [0.2, 0.25) is 0 Å². The summed E-state index contributed by atoms with van der Waals surface area (Å²) in [7, 11) is 0. The number of aryl methyl sites for hydroxylation is 1. The van der Waals surface area contributed by atoms with E-state index in [1.165, 1.54) is 86.5 Å². The Morgan fingerprint density at radius 1 is 0.357 bits per heavy atom. The zero-order valence-electron chi connectivity index (χ0n) is 39.8. The molecular weight excluding hydrogens is 887 g/mol. The van der Waals surface area contributed by atoms with Crippen LogP contribution in [0, 0.1) is 6.92 Å². The molecule has 0 unspecified atom stereocenters. The number of hydrogen-bond donors (Lipinski definition) is 1. The van der Waals surface area contributed by atoms with Crippen molar-refractivity contribution < 1.29 is 4.42 Å². The number of furan rings is 1. The molecule has 2 nitrogen and oxygen atoms in total. The van der Waals surface area contributed by atoms with Gasteiger partial charge in [0.1, 0.15) is 11.2 Å². The van der Waals surface area contributed by atoms with Crippen molar-refractivity contribution in [3.8, 4) is 50.2 Å². The molecule has 0 aliphatic heterocycles. The van der Waals surface area contributed by atoms with Crippen LogP contribution in [0.4, 0.5) is 0 Å². The summed E-state index contributed by atoms with van der Waals surface area (Å²) in [4.78, 5) is 0. The van der Waals surface area contributed by atoms with Gasteiger partial charge in [-0.3, -0.25) is 0 Å². The Labute approximate surface area is 419 Å². The van der Waals surface area contributed by atoms with E-state index in [9.17, 15) is 0 Å². The Bertz CT molecular complexity index is 3890. The van der Waals surface area contributed by atoms with Crippen molar-refractivity contribution in [3.63, 3.8) is 0 Å². The van der Waals surface area contributed by atoms with Crippen molar-refractivity contribution in [2.45, 2.75) is 20.8 Å². The first-order valence-electron chi connectivity index (χ1n) is 23.7. The summed E-state index contributed by atoms with van der Waals surface area (Å²) < 4.78 is 11.4. The molecule has 3 heterocycles. The third kappa shape index (κ3) is 9.20. The monoisotopic (exact) mass is 939 g/mol. The van der Waals surface area contributed by atoms with Crippen molar-refractivity contribution >= 4 is 87.9 Å². The average molecular weight is 940 g/mol. The number of allylic oxidation sites excluding steroid dienone is 2. The highest BCUT2D eigenvalue weighted by Gasteiger charge is 2.15. The van der Waals surface area contributed by atoms with Crippen LogP contribution < -0.4 is 0 Å². The fraction of sp³-hybridized carbons (Fsp3) is 0.0606. The van der Waals surface area contributed by atoms with Crippen molar-refractivity contribution in [3.05, 3.63) is 248 Å². The van der Waals surface area contributed by atoms with Crippen LogP contribution in [0.25, 0.3) is 114 Å². The minimum absolute atomic E-state index is 0.897. The summed E-state index contributed by atoms with van der Waals surface area (Å²) in [6.45, 7) is 6.08. The molecule has 4 heteroatoms. The average Bonchev–Trinajstić information content (AvgIpc) is 4.11. The lowest BCUT2D eigenvalue weighted by atomic mass is 9.97. The van der Waals surface area contributed by atoms with E-state index >= 15 is 0 Å². The fourth-order valence-electron chi connectivity index (χ4n) is 9.34. The first-order chi connectivity index (χ1) is 34.5. The molecule has 0 amide bonds. The largest absolute Gasteiger partial charge is 0.456 e. The Morgan fingerprint density at radius 3 is 1.26 bits per heavy atom. The number of para-hydroxylation sites is 2. The van der Waals surface area contributed by atoms with E-state index in [1.807, 2.05) is 55.5 Å². The number of hydrogen-bond acceptors (Lipinski definition) is 3. The normalized spacial score (nSPS) is 11.2. The highest BCUT2D eigenvalue weighted by molar-refractivity contribution is 7.79. The van der Waals surface area contributed by atoms with Gasteiger partial charge in [0, 0.05) is 47.4 Å². The van der Waals surface area contributed by atoms with Gasteiger partial charge < -0.3 is 8.98 Å². The zero-order valence-corrected chi connectivity index (χ0v) is 41.5. The zero-order chi connectivity index (χ0) is 48.0. The predicted octanol–water partition coefficient (Wildman–Crippen LogP) is 19.8. The molecule has 0 N–H and O–H groups in total. The van der Waals surface area contributed by atoms with E-state index in [2.05, 4.69) is 236 Å². The number of fused-ring (bicyclic) bond motifs is 9. The predicted molar refractivity (Wildman–Crippen MR) is 309 cm³/mol. The Balaban J connectivity index is 0.000000388. The Hall–Kier alpha value is -7.89. The molecule has 0 saturated carbocycles. The van der Waals surface area contributed by atoms with Crippen LogP contribution in [0.3, 0.4) is 0 Å². The number of thiophene rings is 1. The van der Waals surface area contributed by atoms with E-state index in [4.69, 9.17) is 4.42 Å². The van der Waals surface area contributed by atoms with Crippen molar-refractivity contribution in [2.24, 2.45) is 0 Å². The lowest BCUT2D eigenvalue weighted by Crippen LogP contribution is -1.94. The number of rotatable bonds is 5. The summed E-state index contributed by atoms with van der Waals surface area (Å²) in [5, 5.41) is 7.39. The van der Waals surface area contributed by atoms with Gasteiger partial charge in [-0.2, -0.15) is 12.6 Å². The summed E-state index contributed by atoms with van der Waals surface area (Å²) in [6, 6.07) is 83.0.